The van der Waals surface area contributed by atoms with E-state index in [4.69, 9.17) is 5.11 Å². The minimum atomic E-state index is -0.934. The lowest BCUT2D eigenvalue weighted by molar-refractivity contribution is -0.117. The Balaban J connectivity index is 1.81. The molecule has 0 unspecified atom stereocenters. The van der Waals surface area contributed by atoms with Crippen molar-refractivity contribution in [2.45, 2.75) is 0 Å². The quantitative estimate of drug-likeness (QED) is 0.721. The summed E-state index contributed by atoms with van der Waals surface area (Å²) in [5.41, 5.74) is 0.314. The van der Waals surface area contributed by atoms with Crippen molar-refractivity contribution in [3.63, 3.8) is 0 Å². The average Bonchev–Trinajstić information content (AvgIpc) is 2.42. The first kappa shape index (κ1) is 14.1. The van der Waals surface area contributed by atoms with E-state index < -0.39 is 6.09 Å². The highest BCUT2D eigenvalue weighted by atomic mass is 16.4. The van der Waals surface area contributed by atoms with Gasteiger partial charge in [0.05, 0.1) is 18.4 Å². The van der Waals surface area contributed by atoms with Crippen molar-refractivity contribution < 1.29 is 19.8 Å². The zero-order chi connectivity index (χ0) is 14.5. The fraction of sp³-hybridized carbons (Fsp3) is 0.417. The summed E-state index contributed by atoms with van der Waals surface area (Å²) in [7, 11) is 0. The number of amides is 2. The Bertz CT molecular complexity index is 500. The molecule has 2 rings (SSSR count). The Morgan fingerprint density at radius 1 is 1.30 bits per heavy atom. The second kappa shape index (κ2) is 6.20. The van der Waals surface area contributed by atoms with Crippen molar-refractivity contribution in [3.05, 3.63) is 18.5 Å². The molecule has 0 spiro atoms. The number of rotatable bonds is 3. The van der Waals surface area contributed by atoms with E-state index in [1.807, 2.05) is 4.90 Å². The zero-order valence-electron chi connectivity index (χ0n) is 10.8. The van der Waals surface area contributed by atoms with Gasteiger partial charge in [0.2, 0.25) is 5.91 Å². The number of hydrogen-bond donors (Lipinski definition) is 3. The van der Waals surface area contributed by atoms with E-state index in [1.165, 1.54) is 23.4 Å². The molecule has 0 radical (unpaired) electrons. The lowest BCUT2D eigenvalue weighted by atomic mass is 10.3. The molecule has 0 bridgehead atoms. The van der Waals surface area contributed by atoms with Crippen molar-refractivity contribution in [2.75, 3.05) is 38.0 Å². The van der Waals surface area contributed by atoms with Gasteiger partial charge in [0.25, 0.3) is 0 Å². The van der Waals surface area contributed by atoms with Crippen LogP contribution in [0.5, 0.6) is 5.75 Å². The van der Waals surface area contributed by atoms with Crippen LogP contribution in [0.4, 0.5) is 10.5 Å². The third-order valence-electron chi connectivity index (χ3n) is 3.08. The molecule has 8 heteroatoms. The van der Waals surface area contributed by atoms with E-state index in [1.54, 1.807) is 0 Å². The first-order chi connectivity index (χ1) is 9.56. The van der Waals surface area contributed by atoms with E-state index in [0.29, 0.717) is 31.9 Å². The number of carbonyl (C=O) groups is 2. The molecule has 1 aromatic heterocycles. The summed E-state index contributed by atoms with van der Waals surface area (Å²) in [6.07, 6.45) is 1.79. The monoisotopic (exact) mass is 280 g/mol. The average molecular weight is 280 g/mol. The van der Waals surface area contributed by atoms with E-state index >= 15 is 0 Å². The largest absolute Gasteiger partial charge is 0.504 e. The maximum atomic E-state index is 11.8. The molecule has 2 amide bonds. The molecule has 3 N–H and O–H groups in total. The number of piperazine rings is 1. The predicted octanol–water partition coefficient (Wildman–Crippen LogP) is 0.0213. The van der Waals surface area contributed by atoms with Gasteiger partial charge in [0.15, 0.2) is 5.75 Å². The molecule has 1 fully saturated rings. The van der Waals surface area contributed by atoms with Crippen LogP contribution in [0.2, 0.25) is 0 Å². The lowest BCUT2D eigenvalue weighted by Crippen LogP contribution is -2.50. The summed E-state index contributed by atoms with van der Waals surface area (Å²) in [4.78, 5) is 29.5. The van der Waals surface area contributed by atoms with Crippen molar-refractivity contribution >= 4 is 17.7 Å². The van der Waals surface area contributed by atoms with Crippen LogP contribution in [0, 0.1) is 0 Å². The highest BCUT2D eigenvalue weighted by molar-refractivity contribution is 5.93. The van der Waals surface area contributed by atoms with Gasteiger partial charge in [-0.25, -0.2) is 4.79 Å². The van der Waals surface area contributed by atoms with Crippen molar-refractivity contribution in [1.82, 2.24) is 14.8 Å². The number of nitrogens with zero attached hydrogens (tertiary/aromatic N) is 3. The van der Waals surface area contributed by atoms with Crippen LogP contribution in [0.1, 0.15) is 0 Å². The van der Waals surface area contributed by atoms with Crippen molar-refractivity contribution in [3.8, 4) is 5.75 Å². The van der Waals surface area contributed by atoms with Gasteiger partial charge in [0, 0.05) is 32.4 Å². The summed E-state index contributed by atoms with van der Waals surface area (Å²) in [6, 6.07) is 1.51. The van der Waals surface area contributed by atoms with Gasteiger partial charge in [-0.15, -0.1) is 0 Å². The number of anilines is 1. The second-order valence-corrected chi connectivity index (χ2v) is 4.49. The van der Waals surface area contributed by atoms with Gasteiger partial charge in [-0.1, -0.05) is 0 Å². The molecule has 1 aliphatic heterocycles. The first-order valence-corrected chi connectivity index (χ1v) is 6.19. The highest BCUT2D eigenvalue weighted by Gasteiger charge is 2.21. The Labute approximate surface area is 115 Å². The van der Waals surface area contributed by atoms with E-state index in [2.05, 4.69) is 10.3 Å². The molecule has 108 valence electrons. The van der Waals surface area contributed by atoms with Crippen LogP contribution >= 0.6 is 0 Å². The molecule has 0 atom stereocenters. The maximum absolute atomic E-state index is 11.8. The Morgan fingerprint density at radius 3 is 2.60 bits per heavy atom. The number of hydrogen-bond acceptors (Lipinski definition) is 5. The van der Waals surface area contributed by atoms with Crippen LogP contribution in [0.15, 0.2) is 18.5 Å². The minimum Gasteiger partial charge on any atom is -0.504 e. The molecule has 8 nitrogen and oxygen atoms in total. The van der Waals surface area contributed by atoms with Gasteiger partial charge in [-0.2, -0.15) is 0 Å². The van der Waals surface area contributed by atoms with Crippen LogP contribution in [0.3, 0.4) is 0 Å². The van der Waals surface area contributed by atoms with Crippen molar-refractivity contribution in [2.24, 2.45) is 0 Å². The summed E-state index contributed by atoms with van der Waals surface area (Å²) < 4.78 is 0. The number of nitrogens with one attached hydrogen (secondary N) is 1. The molecule has 0 aliphatic carbocycles. The molecule has 1 saturated heterocycles. The highest BCUT2D eigenvalue weighted by Crippen LogP contribution is 2.19. The van der Waals surface area contributed by atoms with Gasteiger partial charge in [-0.05, 0) is 6.07 Å². The number of carbonyl (C=O) groups excluding carboxylic acids is 1. The van der Waals surface area contributed by atoms with E-state index in [9.17, 15) is 14.7 Å². The summed E-state index contributed by atoms with van der Waals surface area (Å²) >= 11 is 0. The third-order valence-corrected chi connectivity index (χ3v) is 3.08. The minimum absolute atomic E-state index is 0.0865. The summed E-state index contributed by atoms with van der Waals surface area (Å²) in [5.74, 6) is -0.341. The molecular weight excluding hydrogens is 264 g/mol. The fourth-order valence-corrected chi connectivity index (χ4v) is 1.98. The van der Waals surface area contributed by atoms with Crippen molar-refractivity contribution in [1.29, 1.82) is 0 Å². The van der Waals surface area contributed by atoms with Gasteiger partial charge in [0.1, 0.15) is 0 Å². The molecule has 2 heterocycles. The molecule has 1 aromatic rings. The number of aromatic nitrogens is 1. The predicted molar refractivity (Wildman–Crippen MR) is 70.6 cm³/mol. The first-order valence-electron chi connectivity index (χ1n) is 6.19. The Hall–Kier alpha value is -2.35. The lowest BCUT2D eigenvalue weighted by Gasteiger charge is -2.32. The smallest absolute Gasteiger partial charge is 0.407 e. The summed E-state index contributed by atoms with van der Waals surface area (Å²) in [5, 5.41) is 20.9. The fourth-order valence-electron chi connectivity index (χ4n) is 1.98. The van der Waals surface area contributed by atoms with Crippen LogP contribution < -0.4 is 5.32 Å². The Kier molecular flexibility index (Phi) is 4.36. The normalized spacial score (nSPS) is 15.9. The van der Waals surface area contributed by atoms with Crippen LogP contribution in [-0.2, 0) is 4.79 Å². The number of aromatic hydroxyl groups is 1. The second-order valence-electron chi connectivity index (χ2n) is 4.49. The summed E-state index contributed by atoms with van der Waals surface area (Å²) in [6.45, 7) is 1.98. The standard InChI is InChI=1S/C12H16N4O4/c17-10-7-13-2-1-9(10)14-11(18)8-15-3-5-16(6-4-15)12(19)20/h1-2,7,17H,3-6,8H2,(H,19,20)(H,13,14,18). The van der Waals surface area contributed by atoms with Crippen LogP contribution in [-0.4, -0.2) is 69.7 Å². The third kappa shape index (κ3) is 3.58. The van der Waals surface area contributed by atoms with Gasteiger partial charge < -0.3 is 20.4 Å². The SMILES string of the molecule is O=C(CN1CCN(C(=O)O)CC1)Nc1ccncc1O. The topological polar surface area (TPSA) is 106 Å². The maximum Gasteiger partial charge on any atom is 0.407 e. The molecule has 1 aliphatic rings. The molecule has 20 heavy (non-hydrogen) atoms. The Morgan fingerprint density at radius 2 is 2.00 bits per heavy atom. The zero-order valence-corrected chi connectivity index (χ0v) is 10.8. The van der Waals surface area contributed by atoms with Crippen LogP contribution in [0.25, 0.3) is 0 Å². The molecule has 0 saturated carbocycles. The van der Waals surface area contributed by atoms with E-state index in [0.717, 1.165) is 0 Å². The van der Waals surface area contributed by atoms with Gasteiger partial charge >= 0.3 is 6.09 Å². The van der Waals surface area contributed by atoms with Gasteiger partial charge in [-0.3, -0.25) is 14.7 Å². The molecular formula is C12H16N4O4. The van der Waals surface area contributed by atoms with E-state index in [-0.39, 0.29) is 18.2 Å². The molecule has 0 aromatic carbocycles. The number of pyridine rings is 1. The number of carboxylic acid groups (broad SMARTS) is 1.